The Balaban J connectivity index is 1.75. The number of hydrogen-bond acceptors (Lipinski definition) is 2. The van der Waals surface area contributed by atoms with Crippen LogP contribution in [0.25, 0.3) is 11.0 Å². The Kier molecular flexibility index (Phi) is 5.26. The number of para-hydroxylation sites is 2. The first-order valence-electron chi connectivity index (χ1n) is 8.96. The van der Waals surface area contributed by atoms with Crippen molar-refractivity contribution in [3.63, 3.8) is 0 Å². The number of aromatic amines is 1. The molecule has 0 aliphatic heterocycles. The minimum atomic E-state index is -0.172. The van der Waals surface area contributed by atoms with Gasteiger partial charge in [-0.3, -0.25) is 0 Å². The second kappa shape index (κ2) is 7.60. The quantitative estimate of drug-likeness (QED) is 0.716. The molecule has 1 unspecified atom stereocenters. The number of carbonyl (C=O) groups is 1. The van der Waals surface area contributed by atoms with Gasteiger partial charge in [-0.25, -0.2) is 9.78 Å². The van der Waals surface area contributed by atoms with Crippen LogP contribution >= 0.6 is 0 Å². The number of hydrogen-bond donors (Lipinski definition) is 2. The Morgan fingerprint density at radius 1 is 1.15 bits per heavy atom. The zero-order chi connectivity index (χ0) is 18.7. The van der Waals surface area contributed by atoms with Gasteiger partial charge in [0.1, 0.15) is 5.82 Å². The summed E-state index contributed by atoms with van der Waals surface area (Å²) in [4.78, 5) is 22.4. The fraction of sp³-hybridized carbons (Fsp3) is 0.333. The molecule has 1 aromatic heterocycles. The van der Waals surface area contributed by atoms with Gasteiger partial charge in [0.2, 0.25) is 0 Å². The molecule has 1 atom stereocenters. The van der Waals surface area contributed by atoms with Crippen LogP contribution in [0.3, 0.4) is 0 Å². The Labute approximate surface area is 154 Å². The second-order valence-corrected chi connectivity index (χ2v) is 7.09. The molecule has 3 aromatic rings. The Bertz CT molecular complexity index is 867. The lowest BCUT2D eigenvalue weighted by molar-refractivity contribution is 0.198. The van der Waals surface area contributed by atoms with Gasteiger partial charge in [0.15, 0.2) is 0 Å². The van der Waals surface area contributed by atoms with E-state index in [9.17, 15) is 4.79 Å². The van der Waals surface area contributed by atoms with Crippen molar-refractivity contribution in [3.05, 3.63) is 65.5 Å². The lowest BCUT2D eigenvalue weighted by Crippen LogP contribution is -2.41. The Morgan fingerprint density at radius 2 is 1.85 bits per heavy atom. The summed E-state index contributed by atoms with van der Waals surface area (Å²) in [6, 6.07) is 15.8. The number of carbonyl (C=O) groups excluding carboxylic acids is 1. The molecule has 0 bridgehead atoms. The Hall–Kier alpha value is -2.82. The number of nitrogens with zero attached hydrogens (tertiary/aromatic N) is 2. The molecule has 1 heterocycles. The summed E-state index contributed by atoms with van der Waals surface area (Å²) < 4.78 is 0. The Morgan fingerprint density at radius 3 is 2.54 bits per heavy atom. The first-order chi connectivity index (χ1) is 12.5. The molecule has 0 saturated carbocycles. The van der Waals surface area contributed by atoms with Crippen molar-refractivity contribution >= 4 is 17.1 Å². The van der Waals surface area contributed by atoms with Crippen molar-refractivity contribution < 1.29 is 4.79 Å². The molecule has 0 aliphatic rings. The van der Waals surface area contributed by atoms with Gasteiger partial charge in [-0.15, -0.1) is 0 Å². The smallest absolute Gasteiger partial charge is 0.318 e. The van der Waals surface area contributed by atoms with Crippen LogP contribution in [0.5, 0.6) is 0 Å². The average molecular weight is 350 g/mol. The summed E-state index contributed by atoms with van der Waals surface area (Å²) in [5, 5.41) is 3.13. The summed E-state index contributed by atoms with van der Waals surface area (Å²) in [5.74, 6) is 1.00. The minimum absolute atomic E-state index is 0.104. The average Bonchev–Trinajstić information content (AvgIpc) is 3.04. The van der Waals surface area contributed by atoms with Crippen molar-refractivity contribution in [1.29, 1.82) is 0 Å². The number of amides is 2. The van der Waals surface area contributed by atoms with Gasteiger partial charge in [-0.2, -0.15) is 0 Å². The lowest BCUT2D eigenvalue weighted by atomic mass is 10.0. The first-order valence-corrected chi connectivity index (χ1v) is 8.96. The van der Waals surface area contributed by atoms with Gasteiger partial charge < -0.3 is 15.2 Å². The maximum absolute atomic E-state index is 12.7. The van der Waals surface area contributed by atoms with E-state index in [1.54, 1.807) is 4.90 Å². The normalized spacial score (nSPS) is 12.3. The fourth-order valence-electron chi connectivity index (χ4n) is 3.03. The highest BCUT2D eigenvalue weighted by molar-refractivity contribution is 5.76. The third kappa shape index (κ3) is 3.87. The molecule has 136 valence electrons. The lowest BCUT2D eigenvalue weighted by Gasteiger charge is -2.25. The zero-order valence-electron chi connectivity index (χ0n) is 15.8. The summed E-state index contributed by atoms with van der Waals surface area (Å²) in [6.07, 6.45) is 0. The van der Waals surface area contributed by atoms with Crippen molar-refractivity contribution in [3.8, 4) is 0 Å². The van der Waals surface area contributed by atoms with Crippen LogP contribution in [0.4, 0.5) is 4.79 Å². The number of rotatable bonds is 5. The molecule has 0 saturated heterocycles. The molecule has 26 heavy (non-hydrogen) atoms. The highest BCUT2D eigenvalue weighted by Gasteiger charge is 2.23. The molecule has 0 aliphatic carbocycles. The largest absolute Gasteiger partial charge is 0.340 e. The maximum atomic E-state index is 12.7. The summed E-state index contributed by atoms with van der Waals surface area (Å²) in [5.41, 5.74) is 4.23. The van der Waals surface area contributed by atoms with Gasteiger partial charge >= 0.3 is 6.03 Å². The molecule has 0 radical (unpaired) electrons. The maximum Gasteiger partial charge on any atom is 0.318 e. The predicted octanol–water partition coefficient (Wildman–Crippen LogP) is 4.41. The van der Waals surface area contributed by atoms with E-state index in [2.05, 4.69) is 48.2 Å². The van der Waals surface area contributed by atoms with E-state index in [0.717, 1.165) is 22.4 Å². The third-order valence-corrected chi connectivity index (χ3v) is 4.66. The summed E-state index contributed by atoms with van der Waals surface area (Å²) in [6.45, 7) is 6.80. The van der Waals surface area contributed by atoms with Gasteiger partial charge in [0.25, 0.3) is 0 Å². The van der Waals surface area contributed by atoms with Crippen molar-refractivity contribution in [1.82, 2.24) is 20.2 Å². The van der Waals surface area contributed by atoms with Gasteiger partial charge in [0, 0.05) is 13.6 Å². The van der Waals surface area contributed by atoms with E-state index in [1.165, 1.54) is 5.56 Å². The van der Waals surface area contributed by atoms with Gasteiger partial charge in [-0.1, -0.05) is 50.2 Å². The molecule has 0 fully saturated rings. The molecule has 0 spiro atoms. The topological polar surface area (TPSA) is 61.0 Å². The van der Waals surface area contributed by atoms with Crippen molar-refractivity contribution in [2.45, 2.75) is 33.4 Å². The summed E-state index contributed by atoms with van der Waals surface area (Å²) in [7, 11) is 1.82. The van der Waals surface area contributed by atoms with Crippen LogP contribution in [0.1, 0.15) is 36.8 Å². The highest BCUT2D eigenvalue weighted by Crippen LogP contribution is 2.22. The summed E-state index contributed by atoms with van der Waals surface area (Å²) >= 11 is 0. The predicted molar refractivity (Wildman–Crippen MR) is 105 cm³/mol. The van der Waals surface area contributed by atoms with Crippen LogP contribution in [-0.4, -0.2) is 27.9 Å². The fourth-order valence-corrected chi connectivity index (χ4v) is 3.03. The number of fused-ring (bicyclic) bond motifs is 1. The van der Waals surface area contributed by atoms with E-state index in [4.69, 9.17) is 0 Å². The third-order valence-electron chi connectivity index (χ3n) is 4.66. The number of imidazole rings is 1. The van der Waals surface area contributed by atoms with Crippen molar-refractivity contribution in [2.24, 2.45) is 5.92 Å². The van der Waals surface area contributed by atoms with Gasteiger partial charge in [-0.05, 0) is 36.1 Å². The monoisotopic (exact) mass is 350 g/mol. The van der Waals surface area contributed by atoms with E-state index < -0.39 is 0 Å². The SMILES string of the molecule is Cc1ccccc1CN(C)C(=O)NC(c1nc2ccccc2[nH]1)C(C)C. The van der Waals surface area contributed by atoms with Crippen LogP contribution < -0.4 is 5.32 Å². The number of aryl methyl sites for hydroxylation is 1. The van der Waals surface area contributed by atoms with Gasteiger partial charge in [0.05, 0.1) is 17.1 Å². The van der Waals surface area contributed by atoms with E-state index >= 15 is 0 Å². The number of aromatic nitrogens is 2. The molecule has 2 amide bonds. The molecular weight excluding hydrogens is 324 g/mol. The van der Waals surface area contributed by atoms with Crippen LogP contribution in [-0.2, 0) is 6.54 Å². The van der Waals surface area contributed by atoms with E-state index in [0.29, 0.717) is 6.54 Å². The second-order valence-electron chi connectivity index (χ2n) is 7.09. The van der Waals surface area contributed by atoms with E-state index in [-0.39, 0.29) is 18.0 Å². The van der Waals surface area contributed by atoms with E-state index in [1.807, 2.05) is 43.4 Å². The van der Waals surface area contributed by atoms with Crippen LogP contribution in [0.2, 0.25) is 0 Å². The number of benzene rings is 2. The number of nitrogens with one attached hydrogen (secondary N) is 2. The minimum Gasteiger partial charge on any atom is -0.340 e. The molecule has 5 nitrogen and oxygen atoms in total. The first kappa shape index (κ1) is 18.0. The van der Waals surface area contributed by atoms with Crippen LogP contribution in [0, 0.1) is 12.8 Å². The molecule has 3 rings (SSSR count). The number of urea groups is 1. The van der Waals surface area contributed by atoms with Crippen LogP contribution in [0.15, 0.2) is 48.5 Å². The molecule has 2 N–H and O–H groups in total. The molecule has 5 heteroatoms. The standard InChI is InChI=1S/C21H26N4O/c1-14(2)19(20-22-17-11-7-8-12-18(17)23-20)24-21(26)25(4)13-16-10-6-5-9-15(16)3/h5-12,14,19H,13H2,1-4H3,(H,22,23)(H,24,26). The zero-order valence-corrected chi connectivity index (χ0v) is 15.8. The molecular formula is C21H26N4O. The number of H-pyrrole nitrogens is 1. The highest BCUT2D eigenvalue weighted by atomic mass is 16.2. The van der Waals surface area contributed by atoms with Crippen molar-refractivity contribution in [2.75, 3.05) is 7.05 Å². The molecule has 2 aromatic carbocycles.